The summed E-state index contributed by atoms with van der Waals surface area (Å²) in [5.41, 5.74) is 3.38. The normalized spacial score (nSPS) is 27.8. The van der Waals surface area contributed by atoms with Gasteiger partial charge in [0.1, 0.15) is 0 Å². The number of allylic oxidation sites excluding steroid dienone is 8. The fourth-order valence-corrected chi connectivity index (χ4v) is 11.5. The number of hydrogen-bond donors (Lipinski definition) is 0. The molecule has 0 fully saturated rings. The molecule has 0 amide bonds. The number of hydrogen-bond acceptors (Lipinski definition) is 0. The number of rotatable bonds is 8. The molecular formula is C20H30Cl2Hf. The van der Waals surface area contributed by atoms with Crippen molar-refractivity contribution in [3.8, 4) is 0 Å². The standard InChI is InChI=1S/C13H21.C7H9.2ClH.Hf/c1-3-5-8-12-10-7-11-13(12)9-6-4-2;1-6-4-3-5-7(6)2;;;/h7,10-11H,3-6,8-9H2,1-2H3;3-5H,1-2H3;2*1H;/q;;;;+2/p-2. The van der Waals surface area contributed by atoms with Crippen LogP contribution in [0.4, 0.5) is 0 Å². The van der Waals surface area contributed by atoms with Crippen LogP contribution in [0.5, 0.6) is 0 Å². The van der Waals surface area contributed by atoms with Crippen LogP contribution in [0.25, 0.3) is 0 Å². The average Bonchev–Trinajstić information content (AvgIpc) is 2.99. The van der Waals surface area contributed by atoms with Crippen LogP contribution < -0.4 is 24.8 Å². The molecule has 0 aromatic rings. The SMILES string of the molecule is CCCCC1=CC=C[C]1(CCCC)[Hf+2][C]1(C)C=CC=C1C.[Cl-].[Cl-]. The smallest absolute Gasteiger partial charge is 1.00 e. The van der Waals surface area contributed by atoms with Gasteiger partial charge < -0.3 is 24.8 Å². The molecule has 128 valence electrons. The van der Waals surface area contributed by atoms with Gasteiger partial charge in [-0.15, -0.1) is 0 Å². The molecule has 0 radical (unpaired) electrons. The van der Waals surface area contributed by atoms with Crippen molar-refractivity contribution in [3.63, 3.8) is 0 Å². The van der Waals surface area contributed by atoms with Crippen molar-refractivity contribution in [2.75, 3.05) is 0 Å². The molecule has 0 nitrogen and oxygen atoms in total. The first-order chi connectivity index (χ1) is 10.1. The van der Waals surface area contributed by atoms with Crippen LogP contribution >= 0.6 is 0 Å². The first-order valence-corrected chi connectivity index (χ1v) is 12.2. The maximum Gasteiger partial charge on any atom is -1.00 e. The first kappa shape index (κ1) is 23.4. The molecule has 0 heterocycles. The molecule has 0 N–H and O–H groups in total. The molecule has 0 saturated heterocycles. The Morgan fingerprint density at radius 2 is 1.61 bits per heavy atom. The summed E-state index contributed by atoms with van der Waals surface area (Å²) in [6.07, 6.45) is 22.6. The van der Waals surface area contributed by atoms with E-state index in [0.717, 1.165) is 0 Å². The van der Waals surface area contributed by atoms with Crippen molar-refractivity contribution in [3.05, 3.63) is 47.6 Å². The number of unbranched alkanes of at least 4 members (excludes halogenated alkanes) is 2. The Bertz CT molecular complexity index is 490. The summed E-state index contributed by atoms with van der Waals surface area (Å²) in [5, 5.41) is 0. The van der Waals surface area contributed by atoms with E-state index >= 15 is 0 Å². The number of halogens is 2. The zero-order valence-electron chi connectivity index (χ0n) is 15.0. The van der Waals surface area contributed by atoms with Gasteiger partial charge in [-0.2, -0.15) is 0 Å². The van der Waals surface area contributed by atoms with Crippen LogP contribution in [0, 0.1) is 0 Å². The Kier molecular flexibility index (Phi) is 10.6. The van der Waals surface area contributed by atoms with Crippen LogP contribution in [-0.4, -0.2) is 0 Å². The van der Waals surface area contributed by atoms with Gasteiger partial charge in [-0.3, -0.25) is 0 Å². The van der Waals surface area contributed by atoms with Crippen molar-refractivity contribution in [1.82, 2.24) is 0 Å². The Labute approximate surface area is 167 Å². The van der Waals surface area contributed by atoms with E-state index in [0.29, 0.717) is 6.34 Å². The fourth-order valence-electron chi connectivity index (χ4n) is 3.43. The van der Waals surface area contributed by atoms with Gasteiger partial charge in [0.15, 0.2) is 0 Å². The zero-order chi connectivity index (χ0) is 15.3. The van der Waals surface area contributed by atoms with Gasteiger partial charge in [0.05, 0.1) is 0 Å². The van der Waals surface area contributed by atoms with Gasteiger partial charge in [0, 0.05) is 0 Å². The van der Waals surface area contributed by atoms with Crippen LogP contribution in [0.1, 0.15) is 66.2 Å². The van der Waals surface area contributed by atoms with Crippen molar-refractivity contribution >= 4 is 0 Å². The molecule has 23 heavy (non-hydrogen) atoms. The topological polar surface area (TPSA) is 0 Å². The Morgan fingerprint density at radius 1 is 0.957 bits per heavy atom. The molecular weight excluding hydrogens is 490 g/mol. The van der Waals surface area contributed by atoms with Crippen LogP contribution in [0.2, 0.25) is 6.34 Å². The fraction of sp³-hybridized carbons (Fsp3) is 0.600. The molecule has 2 unspecified atom stereocenters. The van der Waals surface area contributed by atoms with Crippen molar-refractivity contribution in [1.29, 1.82) is 0 Å². The third kappa shape index (κ3) is 5.44. The third-order valence-corrected chi connectivity index (χ3v) is 13.2. The zero-order valence-corrected chi connectivity index (χ0v) is 20.1. The molecule has 0 spiro atoms. The first-order valence-electron chi connectivity index (χ1n) is 8.61. The van der Waals surface area contributed by atoms with E-state index in [1.165, 1.54) is 38.5 Å². The summed E-state index contributed by atoms with van der Waals surface area (Å²) in [5.74, 6) is 0. The van der Waals surface area contributed by atoms with E-state index < -0.39 is 22.9 Å². The largest absolute Gasteiger partial charge is 1.00 e. The van der Waals surface area contributed by atoms with Crippen LogP contribution in [-0.2, 0) is 22.9 Å². The summed E-state index contributed by atoms with van der Waals surface area (Å²) in [6, 6.07) is 0. The summed E-state index contributed by atoms with van der Waals surface area (Å²) in [6.45, 7) is 9.49. The van der Waals surface area contributed by atoms with E-state index in [9.17, 15) is 0 Å². The van der Waals surface area contributed by atoms with Gasteiger partial charge >= 0.3 is 143 Å². The Morgan fingerprint density at radius 3 is 2.17 bits per heavy atom. The van der Waals surface area contributed by atoms with E-state index in [1.54, 1.807) is 11.1 Å². The van der Waals surface area contributed by atoms with E-state index in [4.69, 9.17) is 0 Å². The second kappa shape index (κ2) is 10.4. The summed E-state index contributed by atoms with van der Waals surface area (Å²) >= 11 is -0.906. The van der Waals surface area contributed by atoms with Crippen LogP contribution in [0.15, 0.2) is 47.6 Å². The maximum atomic E-state index is 2.60. The van der Waals surface area contributed by atoms with E-state index in [2.05, 4.69) is 64.2 Å². The molecule has 0 aromatic heterocycles. The Balaban J connectivity index is 0.00000242. The van der Waals surface area contributed by atoms with Gasteiger partial charge in [-0.1, -0.05) is 0 Å². The average molecular weight is 520 g/mol. The van der Waals surface area contributed by atoms with E-state index in [1.807, 2.05) is 0 Å². The van der Waals surface area contributed by atoms with Gasteiger partial charge in [0.25, 0.3) is 0 Å². The van der Waals surface area contributed by atoms with E-state index in [-0.39, 0.29) is 24.8 Å². The van der Waals surface area contributed by atoms with Crippen molar-refractivity contribution < 1.29 is 47.7 Å². The maximum absolute atomic E-state index is 2.60. The molecule has 0 saturated carbocycles. The summed E-state index contributed by atoms with van der Waals surface area (Å²) < 4.78 is 0.942. The van der Waals surface area contributed by atoms with Crippen molar-refractivity contribution in [2.45, 2.75) is 72.6 Å². The predicted molar refractivity (Wildman–Crippen MR) is 90.2 cm³/mol. The second-order valence-electron chi connectivity index (χ2n) is 6.77. The quantitative estimate of drug-likeness (QED) is 0.417. The molecule has 2 atom stereocenters. The monoisotopic (exact) mass is 520 g/mol. The third-order valence-electron chi connectivity index (χ3n) is 5.05. The molecule has 2 aliphatic carbocycles. The Hall–Kier alpha value is 0.410. The minimum atomic E-state index is -0.906. The predicted octanol–water partition coefficient (Wildman–Crippen LogP) is 0.807. The molecule has 0 bridgehead atoms. The summed E-state index contributed by atoms with van der Waals surface area (Å²) in [4.78, 5) is 0. The van der Waals surface area contributed by atoms with Crippen molar-refractivity contribution in [2.24, 2.45) is 0 Å². The molecule has 0 aliphatic heterocycles. The summed E-state index contributed by atoms with van der Waals surface area (Å²) in [7, 11) is 0. The second-order valence-corrected chi connectivity index (χ2v) is 14.6. The van der Waals surface area contributed by atoms with Gasteiger partial charge in [-0.25, -0.2) is 0 Å². The minimum absolute atomic E-state index is 0. The molecule has 0 aromatic carbocycles. The minimum Gasteiger partial charge on any atom is -1.00 e. The van der Waals surface area contributed by atoms with Crippen LogP contribution in [0.3, 0.4) is 0 Å². The molecule has 2 rings (SSSR count). The molecule has 2 aliphatic rings. The van der Waals surface area contributed by atoms with Gasteiger partial charge in [-0.05, 0) is 0 Å². The molecule has 3 heteroatoms. The van der Waals surface area contributed by atoms with Gasteiger partial charge in [0.2, 0.25) is 0 Å².